The Balaban J connectivity index is 1.56. The van der Waals surface area contributed by atoms with Crippen molar-refractivity contribution in [1.29, 1.82) is 0 Å². The largest absolute Gasteiger partial charge is 0.322 e. The number of nitrogens with one attached hydrogen (secondary N) is 3. The van der Waals surface area contributed by atoms with E-state index in [4.69, 9.17) is 11.6 Å². The van der Waals surface area contributed by atoms with Crippen LogP contribution in [0.15, 0.2) is 28.6 Å². The van der Waals surface area contributed by atoms with Crippen LogP contribution in [-0.2, 0) is 10.0 Å². The molecule has 3 heterocycles. The number of sulfonamides is 1. The lowest BCUT2D eigenvalue weighted by Crippen LogP contribution is -2.40. The third kappa shape index (κ3) is 4.66. The molecular weight excluding hydrogens is 444 g/mol. The number of aromatic nitrogens is 4. The summed E-state index contributed by atoms with van der Waals surface area (Å²) in [5.41, 5.74) is 0.521. The second kappa shape index (κ2) is 7.60. The zero-order valence-electron chi connectivity index (χ0n) is 17.0. The van der Waals surface area contributed by atoms with Gasteiger partial charge < -0.3 is 5.32 Å². The van der Waals surface area contributed by atoms with Crippen molar-refractivity contribution in [2.24, 2.45) is 5.92 Å². The van der Waals surface area contributed by atoms with Crippen LogP contribution in [0.1, 0.15) is 45.7 Å². The standard InChI is InChI=1S/C19H23ClN6O2S2/c1-10-7-11(10)13-8-15(25-24-13)22-17-12(20)9-21-18(23-17)14-5-6-16(29-14)30(27,28)26-19(2,3)4/h5-6,8-11,26H,7H2,1-4H3,(H2,21,22,23,24,25). The van der Waals surface area contributed by atoms with Gasteiger partial charge in [-0.3, -0.25) is 5.10 Å². The molecule has 0 radical (unpaired) electrons. The van der Waals surface area contributed by atoms with E-state index in [1.807, 2.05) is 6.07 Å². The van der Waals surface area contributed by atoms with E-state index in [0.29, 0.717) is 39.2 Å². The van der Waals surface area contributed by atoms with E-state index in [1.54, 1.807) is 32.9 Å². The Bertz CT molecular complexity index is 1180. The maximum absolute atomic E-state index is 12.6. The van der Waals surface area contributed by atoms with E-state index < -0.39 is 15.6 Å². The van der Waals surface area contributed by atoms with Crippen molar-refractivity contribution in [2.45, 2.75) is 49.8 Å². The first-order chi connectivity index (χ1) is 14.0. The maximum Gasteiger partial charge on any atom is 0.250 e. The van der Waals surface area contributed by atoms with Crippen molar-refractivity contribution in [2.75, 3.05) is 5.32 Å². The van der Waals surface area contributed by atoms with Gasteiger partial charge >= 0.3 is 0 Å². The molecule has 4 rings (SSSR count). The lowest BCUT2D eigenvalue weighted by atomic mass is 10.1. The Kier molecular flexibility index (Phi) is 5.38. The van der Waals surface area contributed by atoms with Gasteiger partial charge in [-0.25, -0.2) is 23.1 Å². The molecule has 3 aromatic rings. The summed E-state index contributed by atoms with van der Waals surface area (Å²) < 4.78 is 28.0. The van der Waals surface area contributed by atoms with E-state index in [-0.39, 0.29) is 4.21 Å². The van der Waals surface area contributed by atoms with Crippen molar-refractivity contribution >= 4 is 44.6 Å². The second-order valence-electron chi connectivity index (χ2n) is 8.52. The second-order valence-corrected chi connectivity index (χ2v) is 11.9. The highest BCUT2D eigenvalue weighted by molar-refractivity contribution is 7.91. The molecule has 0 aromatic carbocycles. The molecule has 160 valence electrons. The molecule has 0 amide bonds. The van der Waals surface area contributed by atoms with E-state index in [1.165, 1.54) is 6.20 Å². The van der Waals surface area contributed by atoms with Gasteiger partial charge in [-0.15, -0.1) is 11.3 Å². The van der Waals surface area contributed by atoms with Crippen LogP contribution < -0.4 is 10.0 Å². The van der Waals surface area contributed by atoms with Crippen molar-refractivity contribution in [3.05, 3.63) is 35.1 Å². The van der Waals surface area contributed by atoms with Crippen LogP contribution in [0.4, 0.5) is 11.6 Å². The first-order valence-electron chi connectivity index (χ1n) is 9.51. The van der Waals surface area contributed by atoms with Gasteiger partial charge in [0, 0.05) is 23.2 Å². The van der Waals surface area contributed by atoms with Gasteiger partial charge in [0.05, 0.1) is 11.1 Å². The summed E-state index contributed by atoms with van der Waals surface area (Å²) in [4.78, 5) is 9.36. The van der Waals surface area contributed by atoms with Crippen molar-refractivity contribution in [3.63, 3.8) is 0 Å². The lowest BCUT2D eigenvalue weighted by Gasteiger charge is -2.19. The number of rotatable bonds is 6. The molecule has 1 fully saturated rings. The van der Waals surface area contributed by atoms with E-state index >= 15 is 0 Å². The minimum atomic E-state index is -3.62. The molecule has 2 atom stereocenters. The van der Waals surface area contributed by atoms with Crippen LogP contribution in [-0.4, -0.2) is 34.1 Å². The van der Waals surface area contributed by atoms with Gasteiger partial charge in [-0.2, -0.15) is 5.10 Å². The fraction of sp³-hybridized carbons (Fsp3) is 0.421. The Morgan fingerprint density at radius 1 is 1.30 bits per heavy atom. The normalized spacial score (nSPS) is 19.1. The van der Waals surface area contributed by atoms with Crippen LogP contribution in [0.5, 0.6) is 0 Å². The number of thiophene rings is 1. The van der Waals surface area contributed by atoms with Gasteiger partial charge in [0.2, 0.25) is 0 Å². The van der Waals surface area contributed by atoms with Crippen molar-refractivity contribution < 1.29 is 8.42 Å². The molecule has 3 aromatic heterocycles. The predicted molar refractivity (Wildman–Crippen MR) is 119 cm³/mol. The van der Waals surface area contributed by atoms with Gasteiger partial charge in [0.15, 0.2) is 17.5 Å². The third-order valence-electron chi connectivity index (χ3n) is 4.60. The molecular formula is C19H23ClN6O2S2. The molecule has 1 saturated carbocycles. The molecule has 2 unspecified atom stereocenters. The Labute approximate surface area is 184 Å². The predicted octanol–water partition coefficient (Wildman–Crippen LogP) is 4.53. The fourth-order valence-corrected chi connectivity index (χ4v) is 5.88. The summed E-state index contributed by atoms with van der Waals surface area (Å²) in [7, 11) is -3.62. The number of hydrogen-bond acceptors (Lipinski definition) is 7. The Hall–Kier alpha value is -2.01. The van der Waals surface area contributed by atoms with Gasteiger partial charge in [0.1, 0.15) is 9.23 Å². The number of hydrogen-bond donors (Lipinski definition) is 3. The van der Waals surface area contributed by atoms with Crippen LogP contribution in [0, 0.1) is 5.92 Å². The quantitative estimate of drug-likeness (QED) is 0.492. The highest BCUT2D eigenvalue weighted by Gasteiger charge is 2.35. The maximum atomic E-state index is 12.6. The fourth-order valence-electron chi connectivity index (χ4n) is 3.08. The minimum absolute atomic E-state index is 0.205. The zero-order chi connectivity index (χ0) is 21.7. The first-order valence-corrected chi connectivity index (χ1v) is 12.2. The van der Waals surface area contributed by atoms with Gasteiger partial charge in [0.25, 0.3) is 10.0 Å². The number of halogens is 1. The molecule has 30 heavy (non-hydrogen) atoms. The lowest BCUT2D eigenvalue weighted by molar-refractivity contribution is 0.492. The molecule has 8 nitrogen and oxygen atoms in total. The van der Waals surface area contributed by atoms with E-state index in [0.717, 1.165) is 23.5 Å². The smallest absolute Gasteiger partial charge is 0.250 e. The molecule has 11 heteroatoms. The molecule has 0 bridgehead atoms. The van der Waals surface area contributed by atoms with Crippen LogP contribution in [0.2, 0.25) is 5.02 Å². The molecule has 0 aliphatic heterocycles. The SMILES string of the molecule is CC1CC1c1cc(Nc2nc(-c3ccc(S(=O)(=O)NC(C)(C)C)s3)ncc2Cl)n[nH]1. The monoisotopic (exact) mass is 466 g/mol. The Morgan fingerprint density at radius 2 is 2.03 bits per heavy atom. The zero-order valence-corrected chi connectivity index (χ0v) is 19.4. The summed E-state index contributed by atoms with van der Waals surface area (Å²) >= 11 is 7.36. The Morgan fingerprint density at radius 3 is 2.70 bits per heavy atom. The van der Waals surface area contributed by atoms with Gasteiger partial charge in [-0.05, 0) is 45.2 Å². The summed E-state index contributed by atoms with van der Waals surface area (Å²) in [5, 5.41) is 10.8. The minimum Gasteiger partial charge on any atom is -0.322 e. The van der Waals surface area contributed by atoms with Crippen molar-refractivity contribution in [1.82, 2.24) is 24.9 Å². The summed E-state index contributed by atoms with van der Waals surface area (Å²) in [6, 6.07) is 5.20. The van der Waals surface area contributed by atoms with E-state index in [2.05, 4.69) is 37.1 Å². The highest BCUT2D eigenvalue weighted by Crippen LogP contribution is 2.46. The van der Waals surface area contributed by atoms with Crippen molar-refractivity contribution in [3.8, 4) is 10.7 Å². The molecule has 1 aliphatic carbocycles. The molecule has 1 aliphatic rings. The van der Waals surface area contributed by atoms with Gasteiger partial charge in [-0.1, -0.05) is 18.5 Å². The first kappa shape index (κ1) is 21.2. The number of nitrogens with zero attached hydrogens (tertiary/aromatic N) is 3. The average Bonchev–Trinajstić information content (AvgIpc) is 3.04. The third-order valence-corrected chi connectivity index (χ3v) is 8.21. The van der Waals surface area contributed by atoms with Crippen LogP contribution in [0.3, 0.4) is 0 Å². The highest BCUT2D eigenvalue weighted by atomic mass is 35.5. The number of aromatic amines is 1. The number of anilines is 2. The average molecular weight is 467 g/mol. The summed E-state index contributed by atoms with van der Waals surface area (Å²) in [6.07, 6.45) is 2.65. The molecule has 0 spiro atoms. The molecule has 0 saturated heterocycles. The van der Waals surface area contributed by atoms with E-state index in [9.17, 15) is 8.42 Å². The van der Waals surface area contributed by atoms with Crippen LogP contribution >= 0.6 is 22.9 Å². The molecule has 3 N–H and O–H groups in total. The van der Waals surface area contributed by atoms with Crippen LogP contribution in [0.25, 0.3) is 10.7 Å². The summed E-state index contributed by atoms with van der Waals surface area (Å²) in [6.45, 7) is 7.59. The topological polar surface area (TPSA) is 113 Å². The number of H-pyrrole nitrogens is 1. The summed E-state index contributed by atoms with van der Waals surface area (Å²) in [5.74, 6) is 2.62.